The van der Waals surface area contributed by atoms with Crippen LogP contribution in [0.1, 0.15) is 370 Å². The molecule has 0 fully saturated rings. The zero-order valence-electron chi connectivity index (χ0n) is 62.3. The number of aliphatic hydroxyl groups is 1. The number of unbranched alkanes of at least 4 members (excludes halogenated alkanes) is 37. The van der Waals surface area contributed by atoms with Gasteiger partial charge in [0.25, 0.3) is 0 Å². The molecule has 17 nitrogen and oxygen atoms in total. The average Bonchev–Trinajstić information content (AvgIpc) is 1.69. The Kier molecular flexibility index (Phi) is 65.3. The molecule has 0 amide bonds. The zero-order chi connectivity index (χ0) is 70.9. The van der Waals surface area contributed by atoms with E-state index < -0.39 is 97.5 Å². The highest BCUT2D eigenvalue weighted by Crippen LogP contribution is 2.45. The number of hydrogen-bond donors (Lipinski definition) is 3. The van der Waals surface area contributed by atoms with E-state index in [1.807, 2.05) is 0 Å². The first-order valence-electron chi connectivity index (χ1n) is 39.2. The van der Waals surface area contributed by atoms with E-state index in [1.165, 1.54) is 154 Å². The quantitative estimate of drug-likeness (QED) is 0.0169. The highest BCUT2D eigenvalue weighted by molar-refractivity contribution is 7.47. The van der Waals surface area contributed by atoms with Crippen molar-refractivity contribution in [2.75, 3.05) is 39.6 Å². The highest BCUT2D eigenvalue weighted by Gasteiger charge is 2.30. The third kappa shape index (κ3) is 68.7. The minimum absolute atomic E-state index is 0.100. The largest absolute Gasteiger partial charge is 0.472 e. The van der Waals surface area contributed by atoms with Gasteiger partial charge >= 0.3 is 39.5 Å². The lowest BCUT2D eigenvalue weighted by molar-refractivity contribution is -0.161. The van der Waals surface area contributed by atoms with E-state index in [0.29, 0.717) is 31.6 Å². The number of phosphoric ester groups is 2. The third-order valence-corrected chi connectivity index (χ3v) is 19.5. The molecular formula is C77H146O17P2. The number of rotatable bonds is 73. The van der Waals surface area contributed by atoms with Gasteiger partial charge in [0.15, 0.2) is 12.2 Å². The van der Waals surface area contributed by atoms with Gasteiger partial charge in [-0.25, -0.2) is 9.13 Å². The molecule has 0 rings (SSSR count). The normalized spacial score (nSPS) is 14.5. The number of aliphatic hydroxyl groups excluding tert-OH is 1. The zero-order valence-corrected chi connectivity index (χ0v) is 64.1. The Labute approximate surface area is 586 Å². The molecule has 3 unspecified atom stereocenters. The monoisotopic (exact) mass is 1410 g/mol. The second kappa shape index (κ2) is 67.1. The third-order valence-electron chi connectivity index (χ3n) is 17.6. The molecule has 0 aliphatic rings. The number of hydrogen-bond acceptors (Lipinski definition) is 15. The fraction of sp³-hybridized carbons (Fsp3) is 0.896. The molecule has 0 aromatic rings. The van der Waals surface area contributed by atoms with Gasteiger partial charge in [0, 0.05) is 25.7 Å². The Morgan fingerprint density at radius 1 is 0.344 bits per heavy atom. The highest BCUT2D eigenvalue weighted by atomic mass is 31.2. The molecule has 19 heteroatoms. The van der Waals surface area contributed by atoms with Crippen molar-refractivity contribution in [1.82, 2.24) is 0 Å². The van der Waals surface area contributed by atoms with Gasteiger partial charge in [0.05, 0.1) is 26.4 Å². The van der Waals surface area contributed by atoms with Crippen LogP contribution in [-0.2, 0) is 65.4 Å². The standard InChI is InChI=1S/C77H146O17P2/c1-8-10-11-12-13-14-15-16-17-21-26-31-36-44-51-58-74(79)87-64-72(93-76(81)60-53-46-37-32-27-22-19-18-20-25-30-35-43-50-57-70(7)9-2)66-91-95(83,84)89-62-71(78)63-90-96(85,86)92-67-73(65-88-75(80)59-52-45-40-39-42-49-56-69(5)6)94-77(82)61-54-47-38-33-28-23-24-29-34-41-48-55-68(3)4/h14-17,68-73,78H,8-13,18-67H2,1-7H3,(H,83,84)(H,85,86)/b15-14-,17-16-/t70?,71-,72-,73-/m1/s1. The topological polar surface area (TPSA) is 237 Å². The molecule has 96 heavy (non-hydrogen) atoms. The fourth-order valence-electron chi connectivity index (χ4n) is 11.2. The van der Waals surface area contributed by atoms with Gasteiger partial charge in [-0.2, -0.15) is 0 Å². The van der Waals surface area contributed by atoms with E-state index in [0.717, 1.165) is 127 Å². The van der Waals surface area contributed by atoms with Crippen molar-refractivity contribution in [3.05, 3.63) is 24.3 Å². The molecule has 0 saturated heterocycles. The molecule has 0 bridgehead atoms. The first-order chi connectivity index (χ1) is 46.3. The van der Waals surface area contributed by atoms with E-state index in [9.17, 15) is 43.2 Å². The number of esters is 4. The lowest BCUT2D eigenvalue weighted by Crippen LogP contribution is -2.30. The predicted molar refractivity (Wildman–Crippen MR) is 390 cm³/mol. The average molecular weight is 1410 g/mol. The summed E-state index contributed by atoms with van der Waals surface area (Å²) < 4.78 is 68.5. The molecule has 0 spiro atoms. The van der Waals surface area contributed by atoms with Crippen molar-refractivity contribution in [2.24, 2.45) is 17.8 Å². The van der Waals surface area contributed by atoms with E-state index in [4.69, 9.17) is 37.0 Å². The summed E-state index contributed by atoms with van der Waals surface area (Å²) >= 11 is 0. The Balaban J connectivity index is 5.28. The molecule has 3 N–H and O–H groups in total. The van der Waals surface area contributed by atoms with Crippen LogP contribution in [0.3, 0.4) is 0 Å². The van der Waals surface area contributed by atoms with Crippen LogP contribution in [0.4, 0.5) is 0 Å². The van der Waals surface area contributed by atoms with Crippen LogP contribution in [0.2, 0.25) is 0 Å². The van der Waals surface area contributed by atoms with Crippen LogP contribution in [-0.4, -0.2) is 96.7 Å². The Morgan fingerprint density at radius 2 is 0.615 bits per heavy atom. The molecule has 0 saturated carbocycles. The van der Waals surface area contributed by atoms with E-state index in [2.05, 4.69) is 72.8 Å². The molecule has 0 aliphatic carbocycles. The van der Waals surface area contributed by atoms with Crippen molar-refractivity contribution in [2.45, 2.75) is 388 Å². The van der Waals surface area contributed by atoms with Crippen molar-refractivity contribution >= 4 is 39.5 Å². The molecule has 6 atom stereocenters. The molecule has 0 aromatic heterocycles. The van der Waals surface area contributed by atoms with Gasteiger partial charge in [0.2, 0.25) is 0 Å². The van der Waals surface area contributed by atoms with Gasteiger partial charge in [0.1, 0.15) is 19.3 Å². The van der Waals surface area contributed by atoms with E-state index in [-0.39, 0.29) is 25.7 Å². The summed E-state index contributed by atoms with van der Waals surface area (Å²) in [5.74, 6) is 0.136. The first-order valence-corrected chi connectivity index (χ1v) is 42.2. The van der Waals surface area contributed by atoms with Crippen LogP contribution in [0.15, 0.2) is 24.3 Å². The summed E-state index contributed by atoms with van der Waals surface area (Å²) in [4.78, 5) is 72.8. The van der Waals surface area contributed by atoms with E-state index in [1.54, 1.807) is 0 Å². The van der Waals surface area contributed by atoms with Crippen LogP contribution in [0.5, 0.6) is 0 Å². The lowest BCUT2D eigenvalue weighted by atomic mass is 9.99. The second-order valence-corrected chi connectivity index (χ2v) is 31.2. The summed E-state index contributed by atoms with van der Waals surface area (Å²) in [5.41, 5.74) is 0. The number of allylic oxidation sites excluding steroid dienone is 4. The minimum atomic E-state index is -4.97. The molecule has 0 heterocycles. The van der Waals surface area contributed by atoms with Crippen LogP contribution in [0.25, 0.3) is 0 Å². The first kappa shape index (κ1) is 93.5. The molecule has 0 aliphatic heterocycles. The van der Waals surface area contributed by atoms with Gasteiger partial charge < -0.3 is 33.8 Å². The molecule has 566 valence electrons. The van der Waals surface area contributed by atoms with Gasteiger partial charge in [-0.3, -0.25) is 37.3 Å². The lowest BCUT2D eigenvalue weighted by Gasteiger charge is -2.21. The molecule has 0 radical (unpaired) electrons. The SMILES string of the molecule is CCCCCC/C=C\C=C/CCCCCCCC(=O)OC[C@H](COP(=O)(O)OC[C@@H](O)COP(=O)(O)OC[C@@H](COC(=O)CCCCCCCCC(C)C)OC(=O)CCCCCCCCCCCCCC(C)C)OC(=O)CCCCCCCCCCCCCCCCC(C)CC. The van der Waals surface area contributed by atoms with Crippen LogP contribution >= 0.6 is 15.6 Å². The van der Waals surface area contributed by atoms with Gasteiger partial charge in [-0.1, -0.05) is 317 Å². The minimum Gasteiger partial charge on any atom is -0.462 e. The summed E-state index contributed by atoms with van der Waals surface area (Å²) in [5, 5.41) is 10.6. The maximum Gasteiger partial charge on any atom is 0.472 e. The second-order valence-electron chi connectivity index (χ2n) is 28.3. The van der Waals surface area contributed by atoms with Gasteiger partial charge in [-0.15, -0.1) is 0 Å². The van der Waals surface area contributed by atoms with Crippen LogP contribution in [0, 0.1) is 17.8 Å². The van der Waals surface area contributed by atoms with Crippen molar-refractivity contribution in [3.63, 3.8) is 0 Å². The van der Waals surface area contributed by atoms with Crippen molar-refractivity contribution in [3.8, 4) is 0 Å². The molecule has 0 aromatic carbocycles. The Hall–Kier alpha value is -2.46. The maximum absolute atomic E-state index is 13.1. The van der Waals surface area contributed by atoms with Crippen LogP contribution < -0.4 is 0 Å². The maximum atomic E-state index is 13.1. The summed E-state index contributed by atoms with van der Waals surface area (Å²) in [6.45, 7) is 11.8. The van der Waals surface area contributed by atoms with Crippen molar-refractivity contribution < 1.29 is 80.2 Å². The smallest absolute Gasteiger partial charge is 0.462 e. The Bertz CT molecular complexity index is 1970. The number of carbonyl (C=O) groups excluding carboxylic acids is 4. The number of ether oxygens (including phenoxy) is 4. The van der Waals surface area contributed by atoms with Crippen molar-refractivity contribution in [1.29, 1.82) is 0 Å². The number of carbonyl (C=O) groups is 4. The van der Waals surface area contributed by atoms with Gasteiger partial charge in [-0.05, 0) is 69.1 Å². The van der Waals surface area contributed by atoms with E-state index >= 15 is 0 Å². The predicted octanol–water partition coefficient (Wildman–Crippen LogP) is 22.1. The summed E-state index contributed by atoms with van der Waals surface area (Å²) in [6.07, 6.45) is 56.4. The summed E-state index contributed by atoms with van der Waals surface area (Å²) in [7, 11) is -9.92. The molecular weight excluding hydrogens is 1260 g/mol. The number of phosphoric acid groups is 2. The summed E-state index contributed by atoms with van der Waals surface area (Å²) in [6, 6.07) is 0. The Morgan fingerprint density at radius 3 is 0.927 bits per heavy atom. The fourth-order valence-corrected chi connectivity index (χ4v) is 12.8.